The number of carbonyl (C=O) groups excluding carboxylic acids is 1. The number of aryl methyl sites for hydroxylation is 1. The Bertz CT molecular complexity index is 600. The molecule has 4 saturated carbocycles. The van der Waals surface area contributed by atoms with Crippen molar-refractivity contribution in [2.75, 3.05) is 13.6 Å². The molecule has 1 N–H and O–H groups in total. The fourth-order valence-electron chi connectivity index (χ4n) is 6.29. The summed E-state index contributed by atoms with van der Waals surface area (Å²) in [4.78, 5) is 14.6. The molecule has 1 amide bonds. The van der Waals surface area contributed by atoms with Gasteiger partial charge in [0.2, 0.25) is 5.91 Å². The third-order valence-corrected chi connectivity index (χ3v) is 7.02. The monoisotopic (exact) mass is 344 g/mol. The predicted octanol–water partition coefficient (Wildman–Crippen LogP) is 3.74. The first-order chi connectivity index (χ1) is 11.9. The Hall–Kier alpha value is -1.29. The summed E-state index contributed by atoms with van der Waals surface area (Å²) in [6.07, 6.45) is 8.35. The second-order valence-corrected chi connectivity index (χ2v) is 9.25. The third kappa shape index (κ3) is 3.51. The Morgan fingerprint density at radius 3 is 2.36 bits per heavy atom. The summed E-state index contributed by atoms with van der Waals surface area (Å²) in [5.41, 5.74) is 0.376. The number of hydrogen-bond donors (Lipinski definition) is 1. The van der Waals surface area contributed by atoms with Gasteiger partial charge in [-0.1, -0.05) is 0 Å². The van der Waals surface area contributed by atoms with Crippen LogP contribution >= 0.6 is 0 Å². The lowest BCUT2D eigenvalue weighted by molar-refractivity contribution is -0.126. The molecule has 4 bridgehead atoms. The minimum absolute atomic E-state index is 0.147. The molecule has 1 aromatic rings. The largest absolute Gasteiger partial charge is 0.465 e. The fraction of sp³-hybridized carbons (Fsp3) is 0.762. The SMILES string of the molecule is Cc1ccc(CN(C)CC(=O)N[C@@H](C)C23CC4CC(CC(C4)C2)C3)o1. The van der Waals surface area contributed by atoms with Gasteiger partial charge in [0.25, 0.3) is 0 Å². The van der Waals surface area contributed by atoms with Crippen LogP contribution in [0.4, 0.5) is 0 Å². The molecular formula is C21H32N2O2. The van der Waals surface area contributed by atoms with E-state index in [-0.39, 0.29) is 5.91 Å². The quantitative estimate of drug-likeness (QED) is 0.855. The van der Waals surface area contributed by atoms with E-state index in [1.54, 1.807) is 0 Å². The van der Waals surface area contributed by atoms with Gasteiger partial charge >= 0.3 is 0 Å². The van der Waals surface area contributed by atoms with Crippen LogP contribution in [0.1, 0.15) is 57.0 Å². The molecule has 25 heavy (non-hydrogen) atoms. The van der Waals surface area contributed by atoms with E-state index < -0.39 is 0 Å². The lowest BCUT2D eigenvalue weighted by Crippen LogP contribution is -2.56. The van der Waals surface area contributed by atoms with Crippen LogP contribution in [0.5, 0.6) is 0 Å². The van der Waals surface area contributed by atoms with Crippen molar-refractivity contribution in [3.8, 4) is 0 Å². The Morgan fingerprint density at radius 2 is 1.84 bits per heavy atom. The summed E-state index contributed by atoms with van der Waals surface area (Å²) in [5.74, 6) is 4.76. The molecule has 1 heterocycles. The molecule has 138 valence electrons. The number of furan rings is 1. The number of amides is 1. The van der Waals surface area contributed by atoms with Gasteiger partial charge in [-0.2, -0.15) is 0 Å². The van der Waals surface area contributed by atoms with Crippen LogP contribution in [0.2, 0.25) is 0 Å². The van der Waals surface area contributed by atoms with Crippen LogP contribution in [-0.2, 0) is 11.3 Å². The molecule has 0 radical (unpaired) electrons. The van der Waals surface area contributed by atoms with Crippen molar-refractivity contribution in [2.24, 2.45) is 23.2 Å². The summed E-state index contributed by atoms with van der Waals surface area (Å²) >= 11 is 0. The second kappa shape index (κ2) is 6.46. The number of carbonyl (C=O) groups is 1. The molecule has 0 aliphatic heterocycles. The number of hydrogen-bond acceptors (Lipinski definition) is 3. The highest BCUT2D eigenvalue weighted by Gasteiger charge is 2.53. The van der Waals surface area contributed by atoms with Gasteiger partial charge < -0.3 is 9.73 Å². The maximum absolute atomic E-state index is 12.6. The normalized spacial score (nSPS) is 34.5. The number of nitrogens with one attached hydrogen (secondary N) is 1. The zero-order valence-corrected chi connectivity index (χ0v) is 15.9. The van der Waals surface area contributed by atoms with Gasteiger partial charge in [-0.15, -0.1) is 0 Å². The number of rotatable bonds is 6. The lowest BCUT2D eigenvalue weighted by Gasteiger charge is -2.59. The molecule has 0 saturated heterocycles. The average Bonchev–Trinajstić information content (AvgIpc) is 2.90. The highest BCUT2D eigenvalue weighted by Crippen LogP contribution is 2.61. The smallest absolute Gasteiger partial charge is 0.234 e. The van der Waals surface area contributed by atoms with Crippen molar-refractivity contribution in [1.82, 2.24) is 10.2 Å². The van der Waals surface area contributed by atoms with E-state index in [2.05, 4.69) is 12.2 Å². The van der Waals surface area contributed by atoms with Crippen molar-refractivity contribution < 1.29 is 9.21 Å². The van der Waals surface area contributed by atoms with Crippen molar-refractivity contribution in [3.63, 3.8) is 0 Å². The first kappa shape index (κ1) is 17.1. The average molecular weight is 344 g/mol. The zero-order valence-electron chi connectivity index (χ0n) is 15.9. The van der Waals surface area contributed by atoms with Crippen LogP contribution in [0.3, 0.4) is 0 Å². The molecule has 0 unspecified atom stereocenters. The first-order valence-corrected chi connectivity index (χ1v) is 9.95. The Balaban J connectivity index is 1.31. The summed E-state index contributed by atoms with van der Waals surface area (Å²) in [6.45, 7) is 5.30. The zero-order chi connectivity index (χ0) is 17.6. The maximum Gasteiger partial charge on any atom is 0.234 e. The van der Waals surface area contributed by atoms with E-state index in [0.717, 1.165) is 29.3 Å². The molecule has 5 rings (SSSR count). The highest BCUT2D eigenvalue weighted by molar-refractivity contribution is 5.78. The van der Waals surface area contributed by atoms with Gasteiger partial charge in [-0.3, -0.25) is 9.69 Å². The van der Waals surface area contributed by atoms with Gasteiger partial charge in [0.05, 0.1) is 13.1 Å². The lowest BCUT2D eigenvalue weighted by atomic mass is 9.48. The fourth-order valence-corrected chi connectivity index (χ4v) is 6.29. The maximum atomic E-state index is 12.6. The van der Waals surface area contributed by atoms with Gasteiger partial charge in [0.15, 0.2) is 0 Å². The van der Waals surface area contributed by atoms with E-state index in [1.807, 2.05) is 31.0 Å². The molecule has 0 aromatic carbocycles. The second-order valence-electron chi connectivity index (χ2n) is 9.25. The van der Waals surface area contributed by atoms with E-state index in [0.29, 0.717) is 24.5 Å². The van der Waals surface area contributed by atoms with E-state index in [1.165, 1.54) is 38.5 Å². The minimum atomic E-state index is 0.147. The predicted molar refractivity (Wildman–Crippen MR) is 98.0 cm³/mol. The van der Waals surface area contributed by atoms with Crippen molar-refractivity contribution in [1.29, 1.82) is 0 Å². The molecule has 4 aliphatic carbocycles. The van der Waals surface area contributed by atoms with E-state index >= 15 is 0 Å². The standard InChI is InChI=1S/C21H32N2O2/c1-14-4-5-19(25-14)12-23(3)13-20(24)22-15(2)21-9-16-6-17(10-21)8-18(7-16)11-21/h4-5,15-18H,6-13H2,1-3H3,(H,22,24)/t15-,16?,17?,18?,21?/m0/s1. The summed E-state index contributed by atoms with van der Waals surface area (Å²) in [5, 5.41) is 3.35. The van der Waals surface area contributed by atoms with Gasteiger partial charge in [0.1, 0.15) is 11.5 Å². The Labute approximate surface area is 151 Å². The van der Waals surface area contributed by atoms with E-state index in [9.17, 15) is 4.79 Å². The van der Waals surface area contributed by atoms with Crippen LogP contribution in [-0.4, -0.2) is 30.4 Å². The van der Waals surface area contributed by atoms with Crippen LogP contribution in [0.25, 0.3) is 0 Å². The summed E-state index contributed by atoms with van der Waals surface area (Å²) in [6, 6.07) is 4.26. The molecule has 4 heteroatoms. The molecule has 1 aromatic heterocycles. The van der Waals surface area contributed by atoms with Crippen molar-refractivity contribution >= 4 is 5.91 Å². The summed E-state index contributed by atoms with van der Waals surface area (Å²) < 4.78 is 5.61. The topological polar surface area (TPSA) is 45.5 Å². The van der Waals surface area contributed by atoms with Crippen molar-refractivity contribution in [2.45, 2.75) is 65.0 Å². The highest BCUT2D eigenvalue weighted by atomic mass is 16.3. The van der Waals surface area contributed by atoms with Crippen molar-refractivity contribution in [3.05, 3.63) is 23.7 Å². The number of nitrogens with zero attached hydrogens (tertiary/aromatic N) is 1. The Kier molecular flexibility index (Phi) is 4.43. The molecular weight excluding hydrogens is 312 g/mol. The van der Waals surface area contributed by atoms with Gasteiger partial charge in [0, 0.05) is 6.04 Å². The van der Waals surface area contributed by atoms with Crippen LogP contribution in [0.15, 0.2) is 16.5 Å². The summed E-state index contributed by atoms with van der Waals surface area (Å²) in [7, 11) is 1.98. The first-order valence-electron chi connectivity index (χ1n) is 9.95. The minimum Gasteiger partial charge on any atom is -0.465 e. The number of likely N-dealkylation sites (N-methyl/N-ethyl adjacent to an activating group) is 1. The molecule has 4 aliphatic rings. The third-order valence-electron chi connectivity index (χ3n) is 7.02. The van der Waals surface area contributed by atoms with Crippen LogP contribution in [0, 0.1) is 30.1 Å². The molecule has 1 atom stereocenters. The molecule has 0 spiro atoms. The molecule has 4 fully saturated rings. The Morgan fingerprint density at radius 1 is 1.24 bits per heavy atom. The van der Waals surface area contributed by atoms with Crippen LogP contribution < -0.4 is 5.32 Å². The van der Waals surface area contributed by atoms with E-state index in [4.69, 9.17) is 4.42 Å². The molecule has 4 nitrogen and oxygen atoms in total. The van der Waals surface area contributed by atoms with Gasteiger partial charge in [-0.05, 0) is 94.7 Å². The van der Waals surface area contributed by atoms with Gasteiger partial charge in [-0.25, -0.2) is 0 Å².